The highest BCUT2D eigenvalue weighted by Crippen LogP contribution is 2.45. The number of hydrogen-bond acceptors (Lipinski definition) is 4. The van der Waals surface area contributed by atoms with Crippen LogP contribution in [0.5, 0.6) is 0 Å². The van der Waals surface area contributed by atoms with Crippen LogP contribution in [0.2, 0.25) is 0 Å². The van der Waals surface area contributed by atoms with Crippen LogP contribution in [0.15, 0.2) is 5.38 Å². The molecule has 1 aromatic heterocycles. The van der Waals surface area contributed by atoms with Gasteiger partial charge in [-0.05, 0) is 44.1 Å². The van der Waals surface area contributed by atoms with E-state index in [0.29, 0.717) is 5.41 Å². The number of thiazole rings is 1. The van der Waals surface area contributed by atoms with Gasteiger partial charge in [0.05, 0.1) is 5.69 Å². The van der Waals surface area contributed by atoms with Crippen LogP contribution in [0.4, 0.5) is 5.13 Å². The average Bonchev–Trinajstić information content (AvgIpc) is 2.98. The molecule has 3 nitrogen and oxygen atoms in total. The predicted octanol–water partition coefficient (Wildman–Crippen LogP) is 4.19. The van der Waals surface area contributed by atoms with Gasteiger partial charge >= 0.3 is 0 Å². The third-order valence-electron chi connectivity index (χ3n) is 5.28. The first-order valence-electron chi connectivity index (χ1n) is 8.71. The maximum atomic E-state index is 4.82. The fraction of sp³-hybridized carbons (Fsp3) is 0.824. The first kappa shape index (κ1) is 15.3. The van der Waals surface area contributed by atoms with E-state index in [1.54, 1.807) is 0 Å². The molecule has 1 N–H and O–H groups in total. The first-order chi connectivity index (χ1) is 10.3. The lowest BCUT2D eigenvalue weighted by molar-refractivity contribution is 0.144. The maximum absolute atomic E-state index is 4.82. The number of nitrogens with one attached hydrogen (secondary N) is 1. The normalized spacial score (nSPS) is 21.9. The molecule has 2 aliphatic rings. The van der Waals surface area contributed by atoms with Crippen molar-refractivity contribution in [3.63, 3.8) is 0 Å². The second-order valence-electron chi connectivity index (χ2n) is 6.85. The van der Waals surface area contributed by atoms with E-state index in [0.717, 1.165) is 13.1 Å². The van der Waals surface area contributed by atoms with Crippen molar-refractivity contribution in [3.8, 4) is 0 Å². The Bertz CT molecular complexity index is 427. The number of piperidine rings is 1. The molecule has 1 aliphatic carbocycles. The molecule has 2 heterocycles. The third-order valence-corrected chi connectivity index (χ3v) is 6.23. The Morgan fingerprint density at radius 3 is 2.67 bits per heavy atom. The van der Waals surface area contributed by atoms with Gasteiger partial charge in [-0.1, -0.05) is 26.2 Å². The SMILES string of the molecule is CCCNCc1csc(N2CCC3(CCCCC3)CC2)n1. The minimum atomic E-state index is 0.692. The van der Waals surface area contributed by atoms with Gasteiger partial charge in [0.1, 0.15) is 0 Å². The van der Waals surface area contributed by atoms with E-state index in [-0.39, 0.29) is 0 Å². The predicted molar refractivity (Wildman–Crippen MR) is 91.1 cm³/mol. The first-order valence-corrected chi connectivity index (χ1v) is 9.59. The second-order valence-corrected chi connectivity index (χ2v) is 7.68. The monoisotopic (exact) mass is 307 g/mol. The van der Waals surface area contributed by atoms with Crippen molar-refractivity contribution >= 4 is 16.5 Å². The zero-order valence-electron chi connectivity index (χ0n) is 13.4. The lowest BCUT2D eigenvalue weighted by atomic mass is 9.68. The molecular formula is C17H29N3S. The van der Waals surface area contributed by atoms with Crippen LogP contribution in [0.1, 0.15) is 64.0 Å². The fourth-order valence-corrected chi connectivity index (χ4v) is 4.77. The zero-order valence-corrected chi connectivity index (χ0v) is 14.2. The summed E-state index contributed by atoms with van der Waals surface area (Å²) in [5.41, 5.74) is 1.90. The quantitative estimate of drug-likeness (QED) is 0.827. The van der Waals surface area contributed by atoms with Crippen molar-refractivity contribution in [1.29, 1.82) is 0 Å². The Labute approximate surface area is 133 Å². The number of hydrogen-bond donors (Lipinski definition) is 1. The summed E-state index contributed by atoms with van der Waals surface area (Å²) in [7, 11) is 0. The number of aromatic nitrogens is 1. The Kier molecular flexibility index (Phi) is 5.17. The minimum absolute atomic E-state index is 0.692. The molecule has 1 aliphatic heterocycles. The van der Waals surface area contributed by atoms with Crippen molar-refractivity contribution in [1.82, 2.24) is 10.3 Å². The molecule has 1 spiro atoms. The van der Waals surface area contributed by atoms with E-state index < -0.39 is 0 Å². The summed E-state index contributed by atoms with van der Waals surface area (Å²) in [6.45, 7) is 6.64. The Morgan fingerprint density at radius 2 is 1.95 bits per heavy atom. The van der Waals surface area contributed by atoms with Crippen LogP contribution in [-0.4, -0.2) is 24.6 Å². The molecule has 0 atom stereocenters. The zero-order chi connectivity index (χ0) is 14.5. The molecule has 0 amide bonds. The van der Waals surface area contributed by atoms with Gasteiger partial charge in [-0.15, -0.1) is 11.3 Å². The molecule has 1 saturated carbocycles. The maximum Gasteiger partial charge on any atom is 0.185 e. The van der Waals surface area contributed by atoms with Crippen LogP contribution in [-0.2, 0) is 6.54 Å². The molecule has 21 heavy (non-hydrogen) atoms. The van der Waals surface area contributed by atoms with E-state index in [1.807, 2.05) is 11.3 Å². The highest BCUT2D eigenvalue weighted by Gasteiger charge is 2.35. The summed E-state index contributed by atoms with van der Waals surface area (Å²) in [5.74, 6) is 0. The molecule has 2 fully saturated rings. The largest absolute Gasteiger partial charge is 0.348 e. The summed E-state index contributed by atoms with van der Waals surface area (Å²) in [6, 6.07) is 0. The molecule has 118 valence electrons. The lowest BCUT2D eigenvalue weighted by Crippen LogP contribution is -2.41. The Morgan fingerprint density at radius 1 is 1.19 bits per heavy atom. The minimum Gasteiger partial charge on any atom is -0.348 e. The number of rotatable bonds is 5. The van der Waals surface area contributed by atoms with Crippen molar-refractivity contribution in [2.24, 2.45) is 5.41 Å². The molecule has 4 heteroatoms. The van der Waals surface area contributed by atoms with Gasteiger partial charge in [0.25, 0.3) is 0 Å². The topological polar surface area (TPSA) is 28.2 Å². The van der Waals surface area contributed by atoms with Gasteiger partial charge < -0.3 is 10.2 Å². The molecule has 3 rings (SSSR count). The molecule has 0 unspecified atom stereocenters. The Balaban J connectivity index is 1.52. The van der Waals surface area contributed by atoms with Gasteiger partial charge in [0.2, 0.25) is 0 Å². The summed E-state index contributed by atoms with van der Waals surface area (Å²) >= 11 is 1.82. The third kappa shape index (κ3) is 3.78. The summed E-state index contributed by atoms with van der Waals surface area (Å²) in [5, 5.41) is 6.91. The van der Waals surface area contributed by atoms with Crippen LogP contribution >= 0.6 is 11.3 Å². The van der Waals surface area contributed by atoms with Gasteiger partial charge in [0.15, 0.2) is 5.13 Å². The second kappa shape index (κ2) is 7.10. The number of anilines is 1. The molecule has 1 aromatic rings. The van der Waals surface area contributed by atoms with Crippen molar-refractivity contribution in [3.05, 3.63) is 11.1 Å². The fourth-order valence-electron chi connectivity index (χ4n) is 3.89. The molecule has 0 bridgehead atoms. The van der Waals surface area contributed by atoms with E-state index >= 15 is 0 Å². The van der Waals surface area contributed by atoms with Crippen LogP contribution in [0, 0.1) is 5.41 Å². The Hall–Kier alpha value is -0.610. The van der Waals surface area contributed by atoms with Crippen LogP contribution in [0.3, 0.4) is 0 Å². The summed E-state index contributed by atoms with van der Waals surface area (Å²) < 4.78 is 0. The average molecular weight is 308 g/mol. The van der Waals surface area contributed by atoms with E-state index in [2.05, 4.69) is 22.5 Å². The van der Waals surface area contributed by atoms with Crippen LogP contribution < -0.4 is 10.2 Å². The van der Waals surface area contributed by atoms with E-state index in [9.17, 15) is 0 Å². The highest BCUT2D eigenvalue weighted by molar-refractivity contribution is 7.13. The van der Waals surface area contributed by atoms with Crippen molar-refractivity contribution < 1.29 is 0 Å². The van der Waals surface area contributed by atoms with E-state index in [4.69, 9.17) is 4.98 Å². The highest BCUT2D eigenvalue weighted by atomic mass is 32.1. The van der Waals surface area contributed by atoms with Gasteiger partial charge in [0, 0.05) is 25.0 Å². The summed E-state index contributed by atoms with van der Waals surface area (Å²) in [4.78, 5) is 7.34. The van der Waals surface area contributed by atoms with Crippen molar-refractivity contribution in [2.75, 3.05) is 24.5 Å². The van der Waals surface area contributed by atoms with Crippen LogP contribution in [0.25, 0.3) is 0 Å². The smallest absolute Gasteiger partial charge is 0.185 e. The summed E-state index contributed by atoms with van der Waals surface area (Å²) in [6.07, 6.45) is 11.3. The molecule has 1 saturated heterocycles. The van der Waals surface area contributed by atoms with Crippen molar-refractivity contribution in [2.45, 2.75) is 64.8 Å². The van der Waals surface area contributed by atoms with E-state index in [1.165, 1.54) is 75.3 Å². The molecule has 0 aromatic carbocycles. The lowest BCUT2D eigenvalue weighted by Gasteiger charge is -2.44. The molecular weight excluding hydrogens is 278 g/mol. The van der Waals surface area contributed by atoms with Gasteiger partial charge in [-0.25, -0.2) is 4.98 Å². The van der Waals surface area contributed by atoms with Gasteiger partial charge in [-0.3, -0.25) is 0 Å². The number of nitrogens with zero attached hydrogens (tertiary/aromatic N) is 2. The van der Waals surface area contributed by atoms with Gasteiger partial charge in [-0.2, -0.15) is 0 Å². The standard InChI is InChI=1S/C17H29N3S/c1-2-10-18-13-15-14-21-16(19-15)20-11-8-17(9-12-20)6-4-3-5-7-17/h14,18H,2-13H2,1H3. The molecule has 0 radical (unpaired) electrons.